The van der Waals surface area contributed by atoms with Crippen LogP contribution in [0, 0.1) is 6.92 Å². The number of nitrogens with zero attached hydrogens (tertiary/aromatic N) is 3. The summed E-state index contributed by atoms with van der Waals surface area (Å²) in [6.45, 7) is 1.75. The summed E-state index contributed by atoms with van der Waals surface area (Å²) in [5.41, 5.74) is 0.309. The maximum Gasteiger partial charge on any atom is 0.407 e. The second-order valence-electron chi connectivity index (χ2n) is 7.21. The van der Waals surface area contributed by atoms with Crippen molar-refractivity contribution in [3.8, 4) is 5.88 Å². The van der Waals surface area contributed by atoms with E-state index in [1.54, 1.807) is 12.1 Å². The minimum Gasteiger partial charge on any atom is -0.465 e. The number of rotatable bonds is 4. The lowest BCUT2D eigenvalue weighted by molar-refractivity contribution is 0.0969. The van der Waals surface area contributed by atoms with Gasteiger partial charge in [-0.1, -0.05) is 17.7 Å². The number of hydrogen-bond acceptors (Lipinski definition) is 7. The molecular formula is C19H18FN3O6S2. The number of amides is 1. The molecule has 2 atom stereocenters. The van der Waals surface area contributed by atoms with E-state index in [2.05, 4.69) is 4.98 Å². The van der Waals surface area contributed by atoms with Crippen molar-refractivity contribution in [1.82, 2.24) is 14.3 Å². The van der Waals surface area contributed by atoms with Crippen LogP contribution in [0.25, 0.3) is 4.96 Å². The van der Waals surface area contributed by atoms with Gasteiger partial charge in [-0.05, 0) is 25.5 Å². The highest BCUT2D eigenvalue weighted by molar-refractivity contribution is 7.87. The molecule has 1 N–H and O–H groups in total. The van der Waals surface area contributed by atoms with Crippen LogP contribution < -0.4 is 9.74 Å². The summed E-state index contributed by atoms with van der Waals surface area (Å²) in [6, 6.07) is 6.98. The Hall–Kier alpha value is -2.99. The zero-order valence-corrected chi connectivity index (χ0v) is 17.9. The molecule has 1 aliphatic heterocycles. The van der Waals surface area contributed by atoms with Crippen LogP contribution in [0.1, 0.15) is 22.8 Å². The molecule has 1 fully saturated rings. The van der Waals surface area contributed by atoms with Gasteiger partial charge in [0.15, 0.2) is 4.96 Å². The molecule has 1 aromatic carbocycles. The lowest BCUT2D eigenvalue weighted by Crippen LogP contribution is -2.43. The predicted octanol–water partition coefficient (Wildman–Crippen LogP) is 2.64. The van der Waals surface area contributed by atoms with Crippen molar-refractivity contribution in [3.05, 3.63) is 57.3 Å². The number of piperidine rings is 1. The summed E-state index contributed by atoms with van der Waals surface area (Å²) in [5, 5.41) is 9.03. The zero-order valence-electron chi connectivity index (χ0n) is 16.3. The molecule has 9 nitrogen and oxygen atoms in total. The number of aromatic nitrogens is 2. The Labute approximate surface area is 180 Å². The second-order valence-corrected chi connectivity index (χ2v) is 9.80. The Morgan fingerprint density at radius 3 is 2.68 bits per heavy atom. The molecule has 0 bridgehead atoms. The molecule has 1 unspecified atom stereocenters. The van der Waals surface area contributed by atoms with Gasteiger partial charge in [-0.15, -0.1) is 11.3 Å². The highest BCUT2D eigenvalue weighted by Crippen LogP contribution is 2.34. The van der Waals surface area contributed by atoms with E-state index in [1.165, 1.54) is 22.7 Å². The number of aryl methyl sites for hydroxylation is 1. The van der Waals surface area contributed by atoms with Crippen LogP contribution in [0.5, 0.6) is 5.88 Å². The Morgan fingerprint density at radius 2 is 2.03 bits per heavy atom. The van der Waals surface area contributed by atoms with Gasteiger partial charge < -0.3 is 14.2 Å². The molecule has 0 saturated carbocycles. The molecule has 12 heteroatoms. The van der Waals surface area contributed by atoms with Gasteiger partial charge in [0, 0.05) is 23.5 Å². The molecule has 3 aromatic rings. The molecule has 4 rings (SSSR count). The van der Waals surface area contributed by atoms with E-state index in [0.717, 1.165) is 27.9 Å². The smallest absolute Gasteiger partial charge is 0.407 e. The van der Waals surface area contributed by atoms with Crippen LogP contribution in [0.15, 0.2) is 46.2 Å². The standard InChI is InChI=1S/C19H18FN3O6S2/c1-11-2-4-12(5-3-11)31(27,28)29-16-8-17(24)23-10-15(30-18(23)21-16)13-6-7-22(19(25)26)9-14(13)20/h2-5,8,10,13-14H,6-7,9H2,1H3,(H,25,26)/t13?,14-/m1/s1. The van der Waals surface area contributed by atoms with Gasteiger partial charge in [0.05, 0.1) is 12.6 Å². The predicted molar refractivity (Wildman–Crippen MR) is 110 cm³/mol. The van der Waals surface area contributed by atoms with E-state index >= 15 is 0 Å². The molecule has 1 aliphatic rings. The van der Waals surface area contributed by atoms with Gasteiger partial charge in [0.1, 0.15) is 11.1 Å². The first-order valence-electron chi connectivity index (χ1n) is 9.30. The molecule has 2 aromatic heterocycles. The van der Waals surface area contributed by atoms with Crippen molar-refractivity contribution in [3.63, 3.8) is 0 Å². The first-order valence-corrected chi connectivity index (χ1v) is 11.5. The zero-order chi connectivity index (χ0) is 22.3. The van der Waals surface area contributed by atoms with Gasteiger partial charge in [0.2, 0.25) is 5.88 Å². The van der Waals surface area contributed by atoms with Crippen LogP contribution in [0.4, 0.5) is 9.18 Å². The first-order chi connectivity index (χ1) is 14.6. The third-order valence-corrected chi connectivity index (χ3v) is 7.40. The highest BCUT2D eigenvalue weighted by Gasteiger charge is 2.34. The van der Waals surface area contributed by atoms with Crippen molar-refractivity contribution in [2.45, 2.75) is 30.3 Å². The minimum absolute atomic E-state index is 0.0718. The molecule has 1 amide bonds. The fraction of sp³-hybridized carbons (Fsp3) is 0.316. The molecule has 1 saturated heterocycles. The van der Waals surface area contributed by atoms with Gasteiger partial charge in [-0.25, -0.2) is 9.18 Å². The van der Waals surface area contributed by atoms with Crippen LogP contribution in [-0.2, 0) is 10.1 Å². The topological polar surface area (TPSA) is 118 Å². The van der Waals surface area contributed by atoms with Crippen LogP contribution >= 0.6 is 11.3 Å². The van der Waals surface area contributed by atoms with Gasteiger partial charge in [-0.3, -0.25) is 9.20 Å². The van der Waals surface area contributed by atoms with E-state index < -0.39 is 33.9 Å². The molecule has 0 aliphatic carbocycles. The van der Waals surface area contributed by atoms with Crippen molar-refractivity contribution >= 4 is 32.5 Å². The largest absolute Gasteiger partial charge is 0.465 e. The van der Waals surface area contributed by atoms with Crippen LogP contribution in [0.2, 0.25) is 0 Å². The van der Waals surface area contributed by atoms with E-state index in [9.17, 15) is 22.4 Å². The van der Waals surface area contributed by atoms with E-state index in [4.69, 9.17) is 9.29 Å². The van der Waals surface area contributed by atoms with Crippen LogP contribution in [0.3, 0.4) is 0 Å². The lowest BCUT2D eigenvalue weighted by atomic mass is 9.94. The van der Waals surface area contributed by atoms with Crippen molar-refractivity contribution in [2.24, 2.45) is 0 Å². The Morgan fingerprint density at radius 1 is 1.32 bits per heavy atom. The number of hydrogen-bond donors (Lipinski definition) is 1. The second kappa shape index (κ2) is 7.93. The first kappa shape index (κ1) is 21.2. The molecule has 0 radical (unpaired) electrons. The third-order valence-electron chi connectivity index (χ3n) is 5.04. The van der Waals surface area contributed by atoms with Gasteiger partial charge in [-0.2, -0.15) is 13.4 Å². The Bertz CT molecular complexity index is 1300. The summed E-state index contributed by atoms with van der Waals surface area (Å²) in [5.74, 6) is -0.959. The maximum atomic E-state index is 14.6. The fourth-order valence-electron chi connectivity index (χ4n) is 3.38. The van der Waals surface area contributed by atoms with Crippen molar-refractivity contribution < 1.29 is 26.9 Å². The maximum absolute atomic E-state index is 14.6. The SMILES string of the molecule is Cc1ccc(S(=O)(=O)Oc2cc(=O)n3cc(C4CCN(C(=O)O)C[C@H]4F)sc3n2)cc1. The van der Waals surface area contributed by atoms with E-state index in [0.29, 0.717) is 4.88 Å². The Balaban J connectivity index is 1.62. The number of likely N-dealkylation sites (tertiary alicyclic amines) is 1. The number of carboxylic acid groups (broad SMARTS) is 1. The van der Waals surface area contributed by atoms with Crippen molar-refractivity contribution in [1.29, 1.82) is 0 Å². The lowest BCUT2D eigenvalue weighted by Gasteiger charge is -2.32. The quantitative estimate of drug-likeness (QED) is 0.586. The number of carbonyl (C=O) groups is 1. The average molecular weight is 468 g/mol. The fourth-order valence-corrected chi connectivity index (χ4v) is 5.42. The Kier molecular flexibility index (Phi) is 5.43. The number of halogens is 1. The highest BCUT2D eigenvalue weighted by atomic mass is 32.2. The third kappa shape index (κ3) is 4.26. The van der Waals surface area contributed by atoms with Gasteiger partial charge in [0.25, 0.3) is 5.56 Å². The van der Waals surface area contributed by atoms with E-state index in [1.807, 2.05) is 6.92 Å². The minimum atomic E-state index is -4.18. The molecule has 31 heavy (non-hydrogen) atoms. The monoisotopic (exact) mass is 467 g/mol. The number of thiazole rings is 1. The normalized spacial score (nSPS) is 19.5. The summed E-state index contributed by atoms with van der Waals surface area (Å²) < 4.78 is 45.8. The number of fused-ring (bicyclic) bond motifs is 1. The van der Waals surface area contributed by atoms with E-state index in [-0.39, 0.29) is 35.2 Å². The average Bonchev–Trinajstić information content (AvgIpc) is 3.12. The molecular weight excluding hydrogens is 449 g/mol. The van der Waals surface area contributed by atoms with Crippen LogP contribution in [-0.4, -0.2) is 53.2 Å². The number of benzene rings is 1. The molecule has 3 heterocycles. The summed E-state index contributed by atoms with van der Waals surface area (Å²) >= 11 is 1.04. The summed E-state index contributed by atoms with van der Waals surface area (Å²) in [6.07, 6.45) is -0.875. The van der Waals surface area contributed by atoms with Gasteiger partial charge >= 0.3 is 16.2 Å². The summed E-state index contributed by atoms with van der Waals surface area (Å²) in [7, 11) is -4.18. The summed E-state index contributed by atoms with van der Waals surface area (Å²) in [4.78, 5) is 29.2. The molecule has 0 spiro atoms. The van der Waals surface area contributed by atoms with Crippen molar-refractivity contribution in [2.75, 3.05) is 13.1 Å². The molecule has 164 valence electrons. The number of alkyl halides is 1.